The number of phenols is 1. The summed E-state index contributed by atoms with van der Waals surface area (Å²) in [5.74, 6) is -3.36. The number of H-pyrrole nitrogens is 1. The fraction of sp³-hybridized carbons (Fsp3) is 0.345. The van der Waals surface area contributed by atoms with Gasteiger partial charge in [0.1, 0.15) is 23.9 Å². The lowest BCUT2D eigenvalue weighted by Gasteiger charge is -2.24. The molecule has 14 nitrogen and oxygen atoms in total. The summed E-state index contributed by atoms with van der Waals surface area (Å²) < 4.78 is 0. The van der Waals surface area contributed by atoms with Gasteiger partial charge < -0.3 is 48.3 Å². The summed E-state index contributed by atoms with van der Waals surface area (Å²) in [5.41, 5.74) is 19.1. The molecular weight excluding hydrogens is 556 g/mol. The van der Waals surface area contributed by atoms with Crippen molar-refractivity contribution in [3.63, 3.8) is 0 Å². The monoisotopic (exact) mass is 594 g/mol. The lowest BCUT2D eigenvalue weighted by Crippen LogP contribution is -2.57. The number of carbonyl (C=O) groups excluding carboxylic acids is 3. The van der Waals surface area contributed by atoms with Gasteiger partial charge in [-0.15, -0.1) is 0 Å². The van der Waals surface area contributed by atoms with Crippen LogP contribution < -0.4 is 33.2 Å². The smallest absolute Gasteiger partial charge is 0.326 e. The Hall–Kier alpha value is -5.11. The molecule has 0 aliphatic rings. The molecular formula is C29H38N8O6. The van der Waals surface area contributed by atoms with E-state index in [2.05, 4.69) is 25.9 Å². The molecule has 3 aromatic rings. The van der Waals surface area contributed by atoms with E-state index in [0.717, 1.165) is 16.5 Å². The summed E-state index contributed by atoms with van der Waals surface area (Å²) in [7, 11) is 0. The number of hydrogen-bond acceptors (Lipinski definition) is 7. The molecule has 1 heterocycles. The van der Waals surface area contributed by atoms with Gasteiger partial charge in [-0.1, -0.05) is 30.3 Å². The maximum absolute atomic E-state index is 13.2. The molecule has 0 saturated carbocycles. The van der Waals surface area contributed by atoms with Crippen molar-refractivity contribution in [2.24, 2.45) is 22.2 Å². The second-order valence-corrected chi connectivity index (χ2v) is 10.2. The Labute approximate surface area is 248 Å². The van der Waals surface area contributed by atoms with Crippen molar-refractivity contribution in [2.75, 3.05) is 6.54 Å². The third-order valence-corrected chi connectivity index (χ3v) is 6.77. The Bertz CT molecular complexity index is 1450. The molecule has 0 radical (unpaired) electrons. The molecule has 0 aliphatic carbocycles. The van der Waals surface area contributed by atoms with E-state index in [4.69, 9.17) is 17.2 Å². The lowest BCUT2D eigenvalue weighted by atomic mass is 10.0. The number of rotatable bonds is 15. The molecule has 2 aromatic carbocycles. The molecule has 0 fully saturated rings. The molecule has 0 saturated heterocycles. The third-order valence-electron chi connectivity index (χ3n) is 6.77. The molecule has 43 heavy (non-hydrogen) atoms. The fourth-order valence-electron chi connectivity index (χ4n) is 4.42. The van der Waals surface area contributed by atoms with Crippen LogP contribution in [-0.2, 0) is 32.0 Å². The van der Waals surface area contributed by atoms with Crippen LogP contribution in [-0.4, -0.2) is 75.6 Å². The second-order valence-electron chi connectivity index (χ2n) is 10.2. The van der Waals surface area contributed by atoms with Gasteiger partial charge in [-0.2, -0.15) is 0 Å². The van der Waals surface area contributed by atoms with Crippen molar-refractivity contribution >= 4 is 40.6 Å². The first kappa shape index (κ1) is 32.4. The van der Waals surface area contributed by atoms with Gasteiger partial charge >= 0.3 is 5.97 Å². The lowest BCUT2D eigenvalue weighted by molar-refractivity contribution is -0.142. The standard InChI is InChI=1S/C29H38N8O6/c1-16(35-26(40)21(30)14-18-15-34-22-6-3-2-5-20(18)22)25(39)37-24(13-17-8-10-19(38)11-9-17)27(41)36-23(28(42)43)7-4-12-33-29(31)32/h2-3,5-6,8-11,15-16,21,23-24,34,38H,4,7,12-14,30H2,1H3,(H,35,40)(H,36,41)(H,37,39)(H,42,43)(H4,31,32,33). The minimum absolute atomic E-state index is 0.0146. The number of phenolic OH excluding ortho intramolecular Hbond substituents is 1. The summed E-state index contributed by atoms with van der Waals surface area (Å²) in [6.07, 6.45) is 2.32. The number of aliphatic carboxylic acids is 1. The number of carboxylic acids is 1. The number of benzene rings is 2. The normalized spacial score (nSPS) is 13.7. The molecule has 0 spiro atoms. The Morgan fingerprint density at radius 2 is 1.58 bits per heavy atom. The van der Waals surface area contributed by atoms with E-state index < -0.39 is 47.9 Å². The van der Waals surface area contributed by atoms with Gasteiger partial charge in [-0.3, -0.25) is 19.4 Å². The average molecular weight is 595 g/mol. The quantitative estimate of drug-likeness (QED) is 0.0629. The topological polar surface area (TPSA) is 251 Å². The van der Waals surface area contributed by atoms with Crippen molar-refractivity contribution in [3.05, 3.63) is 65.9 Å². The Kier molecular flexibility index (Phi) is 11.5. The number of carbonyl (C=O) groups is 4. The number of aromatic nitrogens is 1. The summed E-state index contributed by atoms with van der Waals surface area (Å²) in [6.45, 7) is 1.63. The SMILES string of the molecule is CC(NC(=O)C(N)Cc1c[nH]c2ccccc12)C(=O)NC(Cc1ccc(O)cc1)C(=O)NC(CCCN=C(N)N)C(=O)O. The van der Waals surface area contributed by atoms with Crippen LogP contribution >= 0.6 is 0 Å². The second kappa shape index (κ2) is 15.2. The van der Waals surface area contributed by atoms with E-state index in [1.807, 2.05) is 24.3 Å². The van der Waals surface area contributed by atoms with E-state index in [-0.39, 0.29) is 43.9 Å². The molecule has 0 aliphatic heterocycles. The zero-order valence-electron chi connectivity index (χ0n) is 23.7. The van der Waals surface area contributed by atoms with Gasteiger partial charge in [-0.25, -0.2) is 4.79 Å². The number of para-hydroxylation sites is 1. The summed E-state index contributed by atoms with van der Waals surface area (Å²) in [4.78, 5) is 57.9. The number of aliphatic imine (C=N–C) groups is 1. The Morgan fingerprint density at radius 1 is 0.907 bits per heavy atom. The number of nitrogens with zero attached hydrogens (tertiary/aromatic N) is 1. The van der Waals surface area contributed by atoms with Crippen molar-refractivity contribution in [3.8, 4) is 5.75 Å². The summed E-state index contributed by atoms with van der Waals surface area (Å²) in [5, 5.41) is 27.8. The number of guanidine groups is 1. The number of hydrogen-bond donors (Lipinski definition) is 9. The number of carboxylic acid groups (broad SMARTS) is 1. The molecule has 12 N–H and O–H groups in total. The fourth-order valence-corrected chi connectivity index (χ4v) is 4.42. The van der Waals surface area contributed by atoms with Gasteiger partial charge in [-0.05, 0) is 55.5 Å². The maximum Gasteiger partial charge on any atom is 0.326 e. The van der Waals surface area contributed by atoms with E-state index in [0.29, 0.717) is 5.56 Å². The Morgan fingerprint density at radius 3 is 2.26 bits per heavy atom. The number of fused-ring (bicyclic) bond motifs is 1. The highest BCUT2D eigenvalue weighted by molar-refractivity contribution is 5.94. The zero-order valence-corrected chi connectivity index (χ0v) is 23.7. The molecule has 4 atom stereocenters. The minimum atomic E-state index is -1.27. The van der Waals surface area contributed by atoms with E-state index in [1.54, 1.807) is 18.3 Å². The van der Waals surface area contributed by atoms with Crippen LogP contribution in [0.5, 0.6) is 5.75 Å². The first-order valence-electron chi connectivity index (χ1n) is 13.7. The predicted molar refractivity (Wildman–Crippen MR) is 161 cm³/mol. The predicted octanol–water partition coefficient (Wildman–Crippen LogP) is -0.401. The summed E-state index contributed by atoms with van der Waals surface area (Å²) in [6, 6.07) is 9.12. The highest BCUT2D eigenvalue weighted by Gasteiger charge is 2.29. The molecule has 0 bridgehead atoms. The van der Waals surface area contributed by atoms with E-state index in [9.17, 15) is 29.4 Å². The van der Waals surface area contributed by atoms with Crippen molar-refractivity contribution < 1.29 is 29.4 Å². The molecule has 4 unspecified atom stereocenters. The molecule has 3 amide bonds. The van der Waals surface area contributed by atoms with Crippen LogP contribution in [0.3, 0.4) is 0 Å². The van der Waals surface area contributed by atoms with Crippen LogP contribution in [0.15, 0.2) is 59.7 Å². The zero-order chi connectivity index (χ0) is 31.5. The van der Waals surface area contributed by atoms with Gasteiger partial charge in [0.25, 0.3) is 0 Å². The minimum Gasteiger partial charge on any atom is -0.508 e. The summed E-state index contributed by atoms with van der Waals surface area (Å²) >= 11 is 0. The van der Waals surface area contributed by atoms with Gasteiger partial charge in [0, 0.05) is 30.1 Å². The molecule has 230 valence electrons. The highest BCUT2D eigenvalue weighted by Crippen LogP contribution is 2.19. The van der Waals surface area contributed by atoms with Gasteiger partial charge in [0.2, 0.25) is 17.7 Å². The third kappa shape index (κ3) is 9.74. The number of nitrogens with one attached hydrogen (secondary N) is 4. The maximum atomic E-state index is 13.2. The van der Waals surface area contributed by atoms with Crippen LogP contribution in [0.25, 0.3) is 10.9 Å². The van der Waals surface area contributed by atoms with Crippen molar-refractivity contribution in [1.82, 2.24) is 20.9 Å². The molecule has 1 aromatic heterocycles. The van der Waals surface area contributed by atoms with E-state index in [1.165, 1.54) is 19.1 Å². The van der Waals surface area contributed by atoms with Crippen molar-refractivity contribution in [1.29, 1.82) is 0 Å². The van der Waals surface area contributed by atoms with Crippen molar-refractivity contribution in [2.45, 2.75) is 56.8 Å². The average Bonchev–Trinajstić information content (AvgIpc) is 3.37. The molecule has 3 rings (SSSR count). The largest absolute Gasteiger partial charge is 0.508 e. The van der Waals surface area contributed by atoms with Crippen LogP contribution in [0.4, 0.5) is 0 Å². The number of amides is 3. The van der Waals surface area contributed by atoms with Crippen LogP contribution in [0, 0.1) is 0 Å². The Balaban J connectivity index is 1.65. The highest BCUT2D eigenvalue weighted by atomic mass is 16.4. The van der Waals surface area contributed by atoms with Crippen LogP contribution in [0.1, 0.15) is 30.9 Å². The number of aromatic amines is 1. The van der Waals surface area contributed by atoms with Gasteiger partial charge in [0.05, 0.1) is 6.04 Å². The molecule has 14 heteroatoms. The van der Waals surface area contributed by atoms with Gasteiger partial charge in [0.15, 0.2) is 5.96 Å². The first-order valence-corrected chi connectivity index (χ1v) is 13.7. The number of nitrogens with two attached hydrogens (primary N) is 3. The first-order chi connectivity index (χ1) is 20.4. The number of aromatic hydroxyl groups is 1. The van der Waals surface area contributed by atoms with E-state index >= 15 is 0 Å². The van der Waals surface area contributed by atoms with Crippen LogP contribution in [0.2, 0.25) is 0 Å².